The smallest absolute Gasteiger partial charge is 0.160 e. The van der Waals surface area contributed by atoms with Gasteiger partial charge in [0.25, 0.3) is 0 Å². The molecule has 1 aliphatic rings. The van der Waals surface area contributed by atoms with Crippen molar-refractivity contribution in [2.75, 3.05) is 30.3 Å². The van der Waals surface area contributed by atoms with E-state index in [1.807, 2.05) is 12.1 Å². The maximum atomic E-state index is 9.15. The first-order valence-electron chi connectivity index (χ1n) is 6.16. The monoisotopic (exact) mass is 248 g/mol. The van der Waals surface area contributed by atoms with Gasteiger partial charge in [0.1, 0.15) is 0 Å². The molecule has 0 amide bonds. The Labute approximate surface area is 104 Å². The van der Waals surface area contributed by atoms with Gasteiger partial charge in [0.15, 0.2) is 11.0 Å². The molecule has 0 spiro atoms. The van der Waals surface area contributed by atoms with Gasteiger partial charge in [0, 0.05) is 19.7 Å². The molecule has 0 unspecified atom stereocenters. The van der Waals surface area contributed by atoms with E-state index in [1.54, 1.807) is 0 Å². The number of fused-ring (bicyclic) bond motifs is 1. The Morgan fingerprint density at radius 1 is 1.28 bits per heavy atom. The summed E-state index contributed by atoms with van der Waals surface area (Å²) in [5.41, 5.74) is 8.76. The number of anilines is 2. The standard InChI is InChI=1S/C12H16N4O2/c13-9-1-2-10(12-11(9)14-18-15-12)16-5-3-8(7-17)4-6-16/h1-2,8,17H,3-7,13H2. The van der Waals surface area contributed by atoms with Crippen molar-refractivity contribution < 1.29 is 9.74 Å². The van der Waals surface area contributed by atoms with Gasteiger partial charge in [0.2, 0.25) is 0 Å². The molecule has 1 aromatic heterocycles. The molecule has 3 rings (SSSR count). The Morgan fingerprint density at radius 2 is 2.00 bits per heavy atom. The SMILES string of the molecule is Nc1ccc(N2CCC(CO)CC2)c2nonc12. The summed E-state index contributed by atoms with van der Waals surface area (Å²) in [5.74, 6) is 0.418. The normalized spacial score (nSPS) is 17.5. The first-order chi connectivity index (χ1) is 8.79. The van der Waals surface area contributed by atoms with Crippen molar-refractivity contribution in [2.45, 2.75) is 12.8 Å². The van der Waals surface area contributed by atoms with Crippen LogP contribution in [0.1, 0.15) is 12.8 Å². The molecule has 0 atom stereocenters. The highest BCUT2D eigenvalue weighted by Gasteiger charge is 2.21. The van der Waals surface area contributed by atoms with Crippen LogP contribution >= 0.6 is 0 Å². The van der Waals surface area contributed by atoms with Gasteiger partial charge < -0.3 is 15.7 Å². The molecule has 0 radical (unpaired) electrons. The molecule has 0 aliphatic carbocycles. The Balaban J connectivity index is 1.91. The minimum Gasteiger partial charge on any atom is -0.397 e. The third-order valence-electron chi connectivity index (χ3n) is 3.64. The molecule has 1 fully saturated rings. The highest BCUT2D eigenvalue weighted by molar-refractivity contribution is 5.95. The third kappa shape index (κ3) is 1.78. The molecule has 1 aliphatic heterocycles. The molecular weight excluding hydrogens is 232 g/mol. The fourth-order valence-electron chi connectivity index (χ4n) is 2.48. The van der Waals surface area contributed by atoms with Crippen LogP contribution in [0.15, 0.2) is 16.8 Å². The van der Waals surface area contributed by atoms with Crippen molar-refractivity contribution in [3.63, 3.8) is 0 Å². The number of aromatic nitrogens is 2. The molecule has 1 aromatic carbocycles. The van der Waals surface area contributed by atoms with Crippen molar-refractivity contribution in [2.24, 2.45) is 5.92 Å². The minimum absolute atomic E-state index is 0.274. The molecule has 3 N–H and O–H groups in total. The van der Waals surface area contributed by atoms with Gasteiger partial charge in [0.05, 0.1) is 11.4 Å². The highest BCUT2D eigenvalue weighted by Crippen LogP contribution is 2.31. The molecule has 2 aromatic rings. The Bertz CT molecular complexity index is 546. The van der Waals surface area contributed by atoms with E-state index < -0.39 is 0 Å². The lowest BCUT2D eigenvalue weighted by Gasteiger charge is -2.32. The van der Waals surface area contributed by atoms with Gasteiger partial charge in [-0.2, -0.15) is 0 Å². The molecule has 0 saturated carbocycles. The third-order valence-corrected chi connectivity index (χ3v) is 3.64. The van der Waals surface area contributed by atoms with Crippen LogP contribution in [0.25, 0.3) is 11.0 Å². The van der Waals surface area contributed by atoms with Gasteiger partial charge in [-0.15, -0.1) is 0 Å². The highest BCUT2D eigenvalue weighted by atomic mass is 16.6. The summed E-state index contributed by atoms with van der Waals surface area (Å²) < 4.78 is 4.77. The van der Waals surface area contributed by atoms with Crippen molar-refractivity contribution in [1.29, 1.82) is 0 Å². The van der Waals surface area contributed by atoms with E-state index >= 15 is 0 Å². The molecule has 1 saturated heterocycles. The molecule has 0 bridgehead atoms. The topological polar surface area (TPSA) is 88.4 Å². The first kappa shape index (κ1) is 11.3. The lowest BCUT2D eigenvalue weighted by molar-refractivity contribution is 0.203. The maximum Gasteiger partial charge on any atom is 0.160 e. The van der Waals surface area contributed by atoms with Crippen LogP contribution in [-0.2, 0) is 0 Å². The van der Waals surface area contributed by atoms with Gasteiger partial charge in [-0.05, 0) is 41.2 Å². The summed E-state index contributed by atoms with van der Waals surface area (Å²) in [6, 6.07) is 3.79. The second-order valence-corrected chi connectivity index (χ2v) is 4.75. The lowest BCUT2D eigenvalue weighted by atomic mass is 9.97. The summed E-state index contributed by atoms with van der Waals surface area (Å²) in [4.78, 5) is 2.25. The van der Waals surface area contributed by atoms with E-state index in [-0.39, 0.29) is 6.61 Å². The zero-order valence-corrected chi connectivity index (χ0v) is 10.0. The predicted molar refractivity (Wildman–Crippen MR) is 68.2 cm³/mol. The van der Waals surface area contributed by atoms with Crippen LogP contribution in [0.2, 0.25) is 0 Å². The van der Waals surface area contributed by atoms with Crippen molar-refractivity contribution >= 4 is 22.4 Å². The summed E-state index contributed by atoms with van der Waals surface area (Å²) in [6.45, 7) is 2.10. The van der Waals surface area contributed by atoms with Crippen LogP contribution in [0.4, 0.5) is 11.4 Å². The lowest BCUT2D eigenvalue weighted by Crippen LogP contribution is -2.34. The van der Waals surface area contributed by atoms with Crippen LogP contribution in [-0.4, -0.2) is 35.1 Å². The maximum absolute atomic E-state index is 9.15. The van der Waals surface area contributed by atoms with Crippen LogP contribution < -0.4 is 10.6 Å². The van der Waals surface area contributed by atoms with E-state index in [4.69, 9.17) is 15.5 Å². The number of hydrogen-bond donors (Lipinski definition) is 2. The molecule has 6 nitrogen and oxygen atoms in total. The zero-order valence-electron chi connectivity index (χ0n) is 10.0. The second-order valence-electron chi connectivity index (χ2n) is 4.75. The van der Waals surface area contributed by atoms with Gasteiger partial charge >= 0.3 is 0 Å². The number of nitrogens with two attached hydrogens (primary N) is 1. The predicted octanol–water partition coefficient (Wildman–Crippen LogP) is 1.01. The number of piperidine rings is 1. The Kier molecular flexibility index (Phi) is 2.79. The van der Waals surface area contributed by atoms with Gasteiger partial charge in [-0.3, -0.25) is 0 Å². The minimum atomic E-state index is 0.274. The fraction of sp³-hybridized carbons (Fsp3) is 0.500. The van der Waals surface area contributed by atoms with E-state index in [0.717, 1.165) is 37.1 Å². The molecule has 2 heterocycles. The van der Waals surface area contributed by atoms with Crippen molar-refractivity contribution in [3.8, 4) is 0 Å². The summed E-state index contributed by atoms with van der Waals surface area (Å²) >= 11 is 0. The second kappa shape index (κ2) is 4.45. The number of benzene rings is 1. The quantitative estimate of drug-likeness (QED) is 0.771. The van der Waals surface area contributed by atoms with Crippen molar-refractivity contribution in [3.05, 3.63) is 12.1 Å². The first-order valence-corrected chi connectivity index (χ1v) is 6.16. The Hall–Kier alpha value is -1.82. The summed E-state index contributed by atoms with van der Waals surface area (Å²) in [6.07, 6.45) is 1.99. The van der Waals surface area contributed by atoms with E-state index in [2.05, 4.69) is 15.2 Å². The van der Waals surface area contributed by atoms with Crippen LogP contribution in [0.3, 0.4) is 0 Å². The van der Waals surface area contributed by atoms with Gasteiger partial charge in [-0.25, -0.2) is 4.63 Å². The molecule has 6 heteroatoms. The molecule has 96 valence electrons. The number of aliphatic hydroxyl groups is 1. The fourth-order valence-corrected chi connectivity index (χ4v) is 2.48. The van der Waals surface area contributed by atoms with Gasteiger partial charge in [-0.1, -0.05) is 0 Å². The average Bonchev–Trinajstić information content (AvgIpc) is 2.90. The summed E-state index contributed by atoms with van der Waals surface area (Å²) in [5, 5.41) is 16.9. The van der Waals surface area contributed by atoms with E-state index in [9.17, 15) is 0 Å². The average molecular weight is 248 g/mol. The number of hydrogen-bond acceptors (Lipinski definition) is 6. The van der Waals surface area contributed by atoms with E-state index in [0.29, 0.717) is 17.1 Å². The summed E-state index contributed by atoms with van der Waals surface area (Å²) in [7, 11) is 0. The zero-order chi connectivity index (χ0) is 12.5. The number of rotatable bonds is 2. The van der Waals surface area contributed by atoms with Crippen molar-refractivity contribution in [1.82, 2.24) is 10.3 Å². The largest absolute Gasteiger partial charge is 0.397 e. The molecule has 18 heavy (non-hydrogen) atoms. The van der Waals surface area contributed by atoms with E-state index in [1.165, 1.54) is 0 Å². The molecular formula is C12H16N4O2. The number of nitrogens with zero attached hydrogens (tertiary/aromatic N) is 3. The van der Waals surface area contributed by atoms with Crippen LogP contribution in [0, 0.1) is 5.92 Å². The number of aliphatic hydroxyl groups excluding tert-OH is 1. The Morgan fingerprint density at radius 3 is 2.72 bits per heavy atom. The van der Waals surface area contributed by atoms with Crippen LogP contribution in [0.5, 0.6) is 0 Å². The number of nitrogen functional groups attached to an aromatic ring is 1.